The van der Waals surface area contributed by atoms with Gasteiger partial charge < -0.3 is 15.6 Å². The van der Waals surface area contributed by atoms with Crippen molar-refractivity contribution in [2.75, 3.05) is 11.1 Å². The Morgan fingerprint density at radius 3 is 2.86 bits per heavy atom. The summed E-state index contributed by atoms with van der Waals surface area (Å²) in [5.74, 6) is -0.987. The highest BCUT2D eigenvalue weighted by molar-refractivity contribution is 5.96. The fraction of sp³-hybridized carbons (Fsp3) is 0.0667. The Morgan fingerprint density at radius 1 is 1.24 bits per heavy atom. The van der Waals surface area contributed by atoms with Crippen molar-refractivity contribution in [3.05, 3.63) is 54.0 Å². The average Bonchev–Trinajstić information content (AvgIpc) is 2.87. The number of nitrogens with two attached hydrogens (primary N) is 1. The number of halogens is 1. The minimum absolute atomic E-state index is 0.0182. The van der Waals surface area contributed by atoms with Crippen molar-refractivity contribution < 1.29 is 13.7 Å². The molecule has 2 aromatic carbocycles. The Balaban J connectivity index is 1.81. The van der Waals surface area contributed by atoms with Gasteiger partial charge in [-0.25, -0.2) is 4.39 Å². The molecule has 0 atom stereocenters. The largest absolute Gasteiger partial charge is 0.397 e. The van der Waals surface area contributed by atoms with Crippen LogP contribution in [0, 0.1) is 5.82 Å². The van der Waals surface area contributed by atoms with Gasteiger partial charge in [-0.15, -0.1) is 0 Å². The number of benzene rings is 2. The summed E-state index contributed by atoms with van der Waals surface area (Å²) in [5, 5.41) is 7.08. The van der Waals surface area contributed by atoms with E-state index in [4.69, 9.17) is 10.3 Å². The lowest BCUT2D eigenvalue weighted by Gasteiger charge is -2.08. The van der Waals surface area contributed by atoms with Crippen LogP contribution in [0.2, 0.25) is 0 Å². The van der Waals surface area contributed by atoms with Crippen LogP contribution in [0.3, 0.4) is 0 Å². The van der Waals surface area contributed by atoms with Crippen molar-refractivity contribution in [2.24, 2.45) is 0 Å². The summed E-state index contributed by atoms with van der Waals surface area (Å²) >= 11 is 0. The number of carbonyl (C=O) groups is 1. The summed E-state index contributed by atoms with van der Waals surface area (Å²) in [4.78, 5) is 12.0. The Morgan fingerprint density at radius 2 is 2.05 bits per heavy atom. The van der Waals surface area contributed by atoms with Crippen LogP contribution >= 0.6 is 0 Å². The monoisotopic (exact) mass is 285 g/mol. The van der Waals surface area contributed by atoms with Crippen LogP contribution in [0.1, 0.15) is 5.69 Å². The molecule has 0 aliphatic rings. The van der Waals surface area contributed by atoms with E-state index in [0.29, 0.717) is 11.3 Å². The summed E-state index contributed by atoms with van der Waals surface area (Å²) in [5.41, 5.74) is 6.90. The normalized spacial score (nSPS) is 10.7. The Labute approximate surface area is 119 Å². The summed E-state index contributed by atoms with van der Waals surface area (Å²) in [7, 11) is 0. The third kappa shape index (κ3) is 2.55. The zero-order valence-electron chi connectivity index (χ0n) is 11.0. The number of carbonyl (C=O) groups excluding carboxylic acids is 1. The van der Waals surface area contributed by atoms with Gasteiger partial charge in [0.15, 0.2) is 5.58 Å². The molecule has 1 amide bonds. The van der Waals surface area contributed by atoms with E-state index in [1.54, 1.807) is 6.07 Å². The highest BCUT2D eigenvalue weighted by Gasteiger charge is 2.14. The predicted octanol–water partition coefficient (Wildman–Crippen LogP) is 2.73. The lowest BCUT2D eigenvalue weighted by molar-refractivity contribution is -0.115. The van der Waals surface area contributed by atoms with E-state index in [0.717, 1.165) is 5.39 Å². The smallest absolute Gasteiger partial charge is 0.230 e. The first-order valence-electron chi connectivity index (χ1n) is 6.32. The number of hydrogen-bond acceptors (Lipinski definition) is 4. The summed E-state index contributed by atoms with van der Waals surface area (Å²) in [6.07, 6.45) is -0.0230. The molecule has 21 heavy (non-hydrogen) atoms. The molecule has 0 fully saturated rings. The van der Waals surface area contributed by atoms with Crippen LogP contribution in [0.15, 0.2) is 47.0 Å². The number of nitrogens with one attached hydrogen (secondary N) is 1. The highest BCUT2D eigenvalue weighted by atomic mass is 19.1. The first kappa shape index (κ1) is 13.1. The molecule has 3 rings (SSSR count). The highest BCUT2D eigenvalue weighted by Crippen LogP contribution is 2.23. The molecule has 1 aromatic heterocycles. The van der Waals surface area contributed by atoms with Gasteiger partial charge in [-0.1, -0.05) is 23.4 Å². The third-order valence-corrected chi connectivity index (χ3v) is 3.09. The second-order valence-electron chi connectivity index (χ2n) is 4.55. The second-order valence-corrected chi connectivity index (χ2v) is 4.55. The van der Waals surface area contributed by atoms with E-state index in [2.05, 4.69) is 10.5 Å². The molecule has 0 aliphatic heterocycles. The van der Waals surface area contributed by atoms with Crippen molar-refractivity contribution in [3.8, 4) is 0 Å². The van der Waals surface area contributed by atoms with Crippen LogP contribution in [0.5, 0.6) is 0 Å². The van der Waals surface area contributed by atoms with Crippen molar-refractivity contribution >= 4 is 28.3 Å². The van der Waals surface area contributed by atoms with E-state index >= 15 is 0 Å². The van der Waals surface area contributed by atoms with Gasteiger partial charge in [-0.3, -0.25) is 4.79 Å². The lowest BCUT2D eigenvalue weighted by Crippen LogP contribution is -2.16. The molecule has 6 heteroatoms. The number of anilines is 2. The molecular formula is C15H12FN3O2. The average molecular weight is 285 g/mol. The number of nitrogens with zero attached hydrogens (tertiary/aromatic N) is 1. The zero-order chi connectivity index (χ0) is 14.8. The maximum atomic E-state index is 13.6. The van der Waals surface area contributed by atoms with Crippen LogP contribution < -0.4 is 11.1 Å². The third-order valence-electron chi connectivity index (χ3n) is 3.09. The summed E-state index contributed by atoms with van der Waals surface area (Å²) in [6.45, 7) is 0. The second kappa shape index (κ2) is 5.24. The molecule has 0 radical (unpaired) electrons. The molecule has 0 bridgehead atoms. The Hall–Kier alpha value is -2.89. The number of rotatable bonds is 3. The molecular weight excluding hydrogens is 273 g/mol. The molecule has 106 valence electrons. The quantitative estimate of drug-likeness (QED) is 0.725. The van der Waals surface area contributed by atoms with E-state index in [-0.39, 0.29) is 17.8 Å². The molecule has 5 nitrogen and oxygen atoms in total. The van der Waals surface area contributed by atoms with Crippen LogP contribution in [0.25, 0.3) is 11.0 Å². The summed E-state index contributed by atoms with van der Waals surface area (Å²) in [6, 6.07) is 11.4. The predicted molar refractivity (Wildman–Crippen MR) is 77.2 cm³/mol. The zero-order valence-corrected chi connectivity index (χ0v) is 11.0. The SMILES string of the molecule is Nc1cccc(F)c1NC(=O)Cc1noc2ccccc12. The van der Waals surface area contributed by atoms with E-state index < -0.39 is 11.7 Å². The van der Waals surface area contributed by atoms with Gasteiger partial charge in [0.1, 0.15) is 17.2 Å². The van der Waals surface area contributed by atoms with Gasteiger partial charge in [0.05, 0.1) is 12.1 Å². The molecule has 0 unspecified atom stereocenters. The minimum atomic E-state index is -0.576. The topological polar surface area (TPSA) is 81.1 Å². The number of fused-ring (bicyclic) bond motifs is 1. The van der Waals surface area contributed by atoms with Gasteiger partial charge in [-0.05, 0) is 24.3 Å². The van der Waals surface area contributed by atoms with Gasteiger partial charge in [0.25, 0.3) is 0 Å². The fourth-order valence-corrected chi connectivity index (χ4v) is 2.07. The van der Waals surface area contributed by atoms with Gasteiger partial charge in [-0.2, -0.15) is 0 Å². The molecule has 3 aromatic rings. The molecule has 1 heterocycles. The van der Waals surface area contributed by atoms with Crippen molar-refractivity contribution in [1.82, 2.24) is 5.16 Å². The number of hydrogen-bond donors (Lipinski definition) is 2. The fourth-order valence-electron chi connectivity index (χ4n) is 2.07. The maximum absolute atomic E-state index is 13.6. The van der Waals surface area contributed by atoms with Gasteiger partial charge in [0, 0.05) is 5.39 Å². The van der Waals surface area contributed by atoms with Crippen molar-refractivity contribution in [2.45, 2.75) is 6.42 Å². The van der Waals surface area contributed by atoms with Crippen molar-refractivity contribution in [3.63, 3.8) is 0 Å². The van der Waals surface area contributed by atoms with Gasteiger partial charge >= 0.3 is 0 Å². The van der Waals surface area contributed by atoms with E-state index in [1.807, 2.05) is 18.2 Å². The number of amides is 1. The number of nitrogen functional groups attached to an aromatic ring is 1. The van der Waals surface area contributed by atoms with Crippen LogP contribution in [-0.4, -0.2) is 11.1 Å². The molecule has 3 N–H and O–H groups in total. The minimum Gasteiger partial charge on any atom is -0.397 e. The Bertz CT molecular complexity index is 793. The first-order chi connectivity index (χ1) is 10.1. The van der Waals surface area contributed by atoms with Gasteiger partial charge in [0.2, 0.25) is 5.91 Å². The van der Waals surface area contributed by atoms with Crippen LogP contribution in [-0.2, 0) is 11.2 Å². The van der Waals surface area contributed by atoms with Crippen molar-refractivity contribution in [1.29, 1.82) is 0 Å². The number of para-hydroxylation sites is 2. The van der Waals surface area contributed by atoms with E-state index in [1.165, 1.54) is 18.2 Å². The molecule has 0 saturated heterocycles. The maximum Gasteiger partial charge on any atom is 0.230 e. The standard InChI is InChI=1S/C15H12FN3O2/c16-10-5-3-6-11(17)15(10)18-14(20)8-12-9-4-1-2-7-13(9)21-19-12/h1-7H,8,17H2,(H,18,20). The Kier molecular flexibility index (Phi) is 3.27. The first-order valence-corrected chi connectivity index (χ1v) is 6.32. The number of aromatic nitrogens is 1. The lowest BCUT2D eigenvalue weighted by atomic mass is 10.1. The van der Waals surface area contributed by atoms with E-state index in [9.17, 15) is 9.18 Å². The molecule has 0 aliphatic carbocycles. The van der Waals surface area contributed by atoms with Crippen LogP contribution in [0.4, 0.5) is 15.8 Å². The molecule has 0 saturated carbocycles. The summed E-state index contributed by atoms with van der Waals surface area (Å²) < 4.78 is 18.7. The molecule has 0 spiro atoms.